The number of rotatable bonds is 1. The number of hydrazone groups is 1. The molecule has 0 aromatic heterocycles. The molecule has 0 aliphatic carbocycles. The molecule has 1 heterocycles. The Hall–Kier alpha value is -1.97. The van der Waals surface area contributed by atoms with E-state index >= 15 is 0 Å². The lowest BCUT2D eigenvalue weighted by Gasteiger charge is -2.10. The molecule has 0 bridgehead atoms. The number of hydrogen-bond acceptors (Lipinski definition) is 3. The van der Waals surface area contributed by atoms with Crippen molar-refractivity contribution in [3.8, 4) is 0 Å². The van der Waals surface area contributed by atoms with E-state index in [1.165, 1.54) is 0 Å². The molecule has 2 amide bonds. The third kappa shape index (κ3) is 1.62. The van der Waals surface area contributed by atoms with Gasteiger partial charge >= 0.3 is 0 Å². The topological polar surface area (TPSA) is 49.7 Å². The number of amides is 2. The maximum absolute atomic E-state index is 11.9. The molecule has 2 rings (SSSR count). The fourth-order valence-corrected chi connectivity index (χ4v) is 1.50. The fourth-order valence-electron chi connectivity index (χ4n) is 1.50. The van der Waals surface area contributed by atoms with Gasteiger partial charge < -0.3 is 0 Å². The second kappa shape index (κ2) is 3.89. The van der Waals surface area contributed by atoms with E-state index in [0.717, 1.165) is 5.01 Å². The summed E-state index contributed by atoms with van der Waals surface area (Å²) in [6.07, 6.45) is 0. The molecule has 0 radical (unpaired) electrons. The normalized spacial score (nSPS) is 19.9. The van der Waals surface area contributed by atoms with Crippen molar-refractivity contribution in [3.05, 3.63) is 35.9 Å². The Balaban J connectivity index is 2.28. The number of imide groups is 1. The fraction of sp³-hybridized carbons (Fsp3) is 0.250. The molecular weight excluding hydrogens is 204 g/mol. The van der Waals surface area contributed by atoms with Crippen LogP contribution in [0.25, 0.3) is 0 Å². The first-order valence-corrected chi connectivity index (χ1v) is 5.09. The van der Waals surface area contributed by atoms with Crippen molar-refractivity contribution < 1.29 is 9.59 Å². The first-order chi connectivity index (χ1) is 7.61. The van der Waals surface area contributed by atoms with Crippen LogP contribution in [-0.4, -0.2) is 22.5 Å². The van der Waals surface area contributed by atoms with Crippen LogP contribution in [-0.2, 0) is 4.79 Å². The molecule has 0 spiro atoms. The van der Waals surface area contributed by atoms with Crippen LogP contribution in [0.4, 0.5) is 0 Å². The number of carbonyl (C=O) groups excluding carboxylic acids is 2. The predicted molar refractivity (Wildman–Crippen MR) is 59.9 cm³/mol. The molecule has 1 atom stereocenters. The van der Waals surface area contributed by atoms with Crippen LogP contribution >= 0.6 is 0 Å². The Morgan fingerprint density at radius 3 is 2.44 bits per heavy atom. The molecule has 0 saturated carbocycles. The molecule has 0 fully saturated rings. The van der Waals surface area contributed by atoms with Gasteiger partial charge in [0.05, 0.1) is 5.92 Å². The van der Waals surface area contributed by atoms with Crippen molar-refractivity contribution in [1.29, 1.82) is 0 Å². The van der Waals surface area contributed by atoms with Crippen molar-refractivity contribution in [1.82, 2.24) is 5.01 Å². The minimum Gasteiger partial charge on any atom is -0.272 e. The highest BCUT2D eigenvalue weighted by atomic mass is 16.2. The largest absolute Gasteiger partial charge is 0.281 e. The van der Waals surface area contributed by atoms with Gasteiger partial charge in [-0.1, -0.05) is 18.2 Å². The first kappa shape index (κ1) is 10.5. The molecule has 0 N–H and O–H groups in total. The van der Waals surface area contributed by atoms with Crippen LogP contribution < -0.4 is 0 Å². The van der Waals surface area contributed by atoms with Gasteiger partial charge in [-0.2, -0.15) is 10.1 Å². The molecule has 4 heteroatoms. The Morgan fingerprint density at radius 1 is 1.31 bits per heavy atom. The second-order valence-corrected chi connectivity index (χ2v) is 3.78. The number of hydrogen-bond donors (Lipinski definition) is 0. The van der Waals surface area contributed by atoms with E-state index in [9.17, 15) is 9.59 Å². The van der Waals surface area contributed by atoms with Gasteiger partial charge in [0.2, 0.25) is 0 Å². The van der Waals surface area contributed by atoms with E-state index in [2.05, 4.69) is 5.10 Å². The van der Waals surface area contributed by atoms with Crippen molar-refractivity contribution >= 4 is 17.5 Å². The van der Waals surface area contributed by atoms with Gasteiger partial charge in [-0.05, 0) is 26.0 Å². The summed E-state index contributed by atoms with van der Waals surface area (Å²) >= 11 is 0. The average molecular weight is 216 g/mol. The molecule has 82 valence electrons. The lowest BCUT2D eigenvalue weighted by atomic mass is 10.1. The molecule has 16 heavy (non-hydrogen) atoms. The van der Waals surface area contributed by atoms with E-state index in [1.54, 1.807) is 38.1 Å². The van der Waals surface area contributed by atoms with Crippen LogP contribution in [0.1, 0.15) is 24.2 Å². The van der Waals surface area contributed by atoms with E-state index in [4.69, 9.17) is 0 Å². The van der Waals surface area contributed by atoms with Gasteiger partial charge in [0.1, 0.15) is 0 Å². The highest BCUT2D eigenvalue weighted by molar-refractivity contribution is 6.15. The van der Waals surface area contributed by atoms with Gasteiger partial charge in [-0.3, -0.25) is 9.59 Å². The van der Waals surface area contributed by atoms with E-state index in [-0.39, 0.29) is 17.7 Å². The highest BCUT2D eigenvalue weighted by Crippen LogP contribution is 2.17. The van der Waals surface area contributed by atoms with Gasteiger partial charge in [-0.25, -0.2) is 0 Å². The molecule has 1 aliphatic heterocycles. The van der Waals surface area contributed by atoms with Gasteiger partial charge in [0.25, 0.3) is 11.8 Å². The summed E-state index contributed by atoms with van der Waals surface area (Å²) in [4.78, 5) is 23.7. The molecule has 1 aromatic carbocycles. The van der Waals surface area contributed by atoms with Crippen molar-refractivity contribution in [2.45, 2.75) is 13.8 Å². The maximum Gasteiger partial charge on any atom is 0.281 e. The number of benzene rings is 1. The zero-order valence-corrected chi connectivity index (χ0v) is 9.18. The molecule has 0 saturated heterocycles. The standard InChI is InChI=1S/C12H12N2O2/c1-8-9(2)13-14(11(8)15)12(16)10-6-4-3-5-7-10/h3-8H,1-2H3. The number of nitrogens with zero attached hydrogens (tertiary/aromatic N) is 2. The minimum absolute atomic E-state index is 0.258. The predicted octanol–water partition coefficient (Wildman–Crippen LogP) is 1.68. The number of carbonyl (C=O) groups is 2. The Bertz CT molecular complexity index is 465. The van der Waals surface area contributed by atoms with Gasteiger partial charge in [0.15, 0.2) is 0 Å². The molecule has 1 unspecified atom stereocenters. The van der Waals surface area contributed by atoms with E-state index < -0.39 is 0 Å². The zero-order chi connectivity index (χ0) is 11.7. The third-order valence-electron chi connectivity index (χ3n) is 2.68. The maximum atomic E-state index is 11.9. The highest BCUT2D eigenvalue weighted by Gasteiger charge is 2.34. The summed E-state index contributed by atoms with van der Waals surface area (Å²) in [6, 6.07) is 8.67. The lowest BCUT2D eigenvalue weighted by Crippen LogP contribution is -2.31. The van der Waals surface area contributed by atoms with Crippen LogP contribution in [0, 0.1) is 5.92 Å². The summed E-state index contributed by atoms with van der Waals surface area (Å²) < 4.78 is 0. The van der Waals surface area contributed by atoms with Crippen molar-refractivity contribution in [2.24, 2.45) is 11.0 Å². The molecule has 1 aromatic rings. The van der Waals surface area contributed by atoms with Crippen LogP contribution in [0.5, 0.6) is 0 Å². The smallest absolute Gasteiger partial charge is 0.272 e. The lowest BCUT2D eigenvalue weighted by molar-refractivity contribution is -0.128. The van der Waals surface area contributed by atoms with Crippen LogP contribution in [0.3, 0.4) is 0 Å². The van der Waals surface area contributed by atoms with Crippen molar-refractivity contribution in [3.63, 3.8) is 0 Å². The summed E-state index contributed by atoms with van der Waals surface area (Å²) in [6.45, 7) is 3.50. The minimum atomic E-state index is -0.366. The van der Waals surface area contributed by atoms with E-state index in [0.29, 0.717) is 11.3 Å². The summed E-state index contributed by atoms with van der Waals surface area (Å²) in [5.74, 6) is -0.923. The molecule has 1 aliphatic rings. The third-order valence-corrected chi connectivity index (χ3v) is 2.68. The van der Waals surface area contributed by atoms with Crippen LogP contribution in [0.15, 0.2) is 35.4 Å². The Kier molecular flexibility index (Phi) is 2.56. The second-order valence-electron chi connectivity index (χ2n) is 3.78. The SMILES string of the molecule is CC1=NN(C(=O)c2ccccc2)C(=O)C1C. The summed E-state index contributed by atoms with van der Waals surface area (Å²) in [5, 5.41) is 4.93. The van der Waals surface area contributed by atoms with E-state index in [1.807, 2.05) is 6.07 Å². The van der Waals surface area contributed by atoms with Crippen molar-refractivity contribution in [2.75, 3.05) is 0 Å². The average Bonchev–Trinajstić information content (AvgIpc) is 2.57. The summed E-state index contributed by atoms with van der Waals surface area (Å²) in [7, 11) is 0. The van der Waals surface area contributed by atoms with Crippen LogP contribution in [0.2, 0.25) is 0 Å². The molecule has 4 nitrogen and oxygen atoms in total. The Morgan fingerprint density at radius 2 is 1.94 bits per heavy atom. The zero-order valence-electron chi connectivity index (χ0n) is 9.18. The van der Waals surface area contributed by atoms with Gasteiger partial charge in [-0.15, -0.1) is 0 Å². The molecular formula is C12H12N2O2. The monoisotopic (exact) mass is 216 g/mol. The quantitative estimate of drug-likeness (QED) is 0.670. The summed E-state index contributed by atoms with van der Waals surface area (Å²) in [5.41, 5.74) is 1.15. The Labute approximate surface area is 93.6 Å². The van der Waals surface area contributed by atoms with Gasteiger partial charge in [0, 0.05) is 11.3 Å². The first-order valence-electron chi connectivity index (χ1n) is 5.09.